The van der Waals surface area contributed by atoms with Crippen LogP contribution in [0.2, 0.25) is 0 Å². The van der Waals surface area contributed by atoms with Gasteiger partial charge in [-0.15, -0.1) is 0 Å². The van der Waals surface area contributed by atoms with Gasteiger partial charge in [0, 0.05) is 16.2 Å². The van der Waals surface area contributed by atoms with Crippen LogP contribution in [-0.2, 0) is 6.18 Å². The van der Waals surface area contributed by atoms with E-state index in [1.807, 2.05) is 0 Å². The summed E-state index contributed by atoms with van der Waals surface area (Å²) in [5.74, 6) is -0.239. The van der Waals surface area contributed by atoms with Crippen molar-refractivity contribution < 1.29 is 13.2 Å². The van der Waals surface area contributed by atoms with Crippen molar-refractivity contribution in [2.24, 2.45) is 5.92 Å². The van der Waals surface area contributed by atoms with Crippen molar-refractivity contribution in [1.82, 2.24) is 0 Å². The van der Waals surface area contributed by atoms with Gasteiger partial charge in [-0.25, -0.2) is 0 Å². The van der Waals surface area contributed by atoms with Crippen molar-refractivity contribution in [2.45, 2.75) is 44.3 Å². The summed E-state index contributed by atoms with van der Waals surface area (Å²) < 4.78 is 39.7. The highest BCUT2D eigenvalue weighted by atomic mass is 79.9. The van der Waals surface area contributed by atoms with Crippen molar-refractivity contribution in [2.75, 3.05) is 5.32 Å². The van der Waals surface area contributed by atoms with Crippen LogP contribution in [0.25, 0.3) is 0 Å². The zero-order chi connectivity index (χ0) is 15.5. The van der Waals surface area contributed by atoms with Crippen LogP contribution in [0.15, 0.2) is 22.7 Å². The summed E-state index contributed by atoms with van der Waals surface area (Å²) in [7, 11) is 0. The molecule has 0 bridgehead atoms. The maximum Gasteiger partial charge on any atom is 0.418 e. The zero-order valence-corrected chi connectivity index (χ0v) is 13.0. The number of hydrogen-bond acceptors (Lipinski definition) is 2. The molecule has 2 atom stereocenters. The van der Waals surface area contributed by atoms with Crippen molar-refractivity contribution in [3.05, 3.63) is 28.2 Å². The Labute approximate surface area is 130 Å². The van der Waals surface area contributed by atoms with Gasteiger partial charge in [0.25, 0.3) is 0 Å². The van der Waals surface area contributed by atoms with E-state index in [9.17, 15) is 18.4 Å². The first kappa shape index (κ1) is 16.2. The number of anilines is 1. The molecule has 1 aliphatic carbocycles. The highest BCUT2D eigenvalue weighted by molar-refractivity contribution is 9.10. The molecule has 1 N–H and O–H groups in total. The van der Waals surface area contributed by atoms with E-state index >= 15 is 0 Å². The minimum Gasteiger partial charge on any atom is -0.380 e. The van der Waals surface area contributed by atoms with Gasteiger partial charge in [-0.1, -0.05) is 35.2 Å². The molecule has 1 aromatic carbocycles. The van der Waals surface area contributed by atoms with Gasteiger partial charge in [0.2, 0.25) is 0 Å². The maximum atomic E-state index is 13.1. The maximum absolute atomic E-state index is 13.1. The summed E-state index contributed by atoms with van der Waals surface area (Å²) in [5, 5.41) is 12.2. The standard InChI is InChI=1S/C15H16BrF3N2/c16-11-6-7-14(12(8-11)15(17,18)19)21-13-5-3-1-2-4-10(13)9-20/h6-8,10,13,21H,1-5H2. The molecule has 2 unspecified atom stereocenters. The summed E-state index contributed by atoms with van der Waals surface area (Å²) in [6.45, 7) is 0. The SMILES string of the molecule is N#CC1CCCCCC1Nc1ccc(Br)cc1C(F)(F)F. The van der Waals surface area contributed by atoms with Crippen LogP contribution in [0.1, 0.15) is 37.7 Å². The molecule has 0 spiro atoms. The molecule has 0 radical (unpaired) electrons. The van der Waals surface area contributed by atoms with Crippen molar-refractivity contribution in [3.63, 3.8) is 0 Å². The second-order valence-corrected chi connectivity index (χ2v) is 6.23. The quantitative estimate of drug-likeness (QED) is 0.721. The van der Waals surface area contributed by atoms with E-state index in [0.29, 0.717) is 4.47 Å². The highest BCUT2D eigenvalue weighted by Crippen LogP contribution is 2.38. The Balaban J connectivity index is 2.28. The van der Waals surface area contributed by atoms with Gasteiger partial charge in [-0.2, -0.15) is 18.4 Å². The van der Waals surface area contributed by atoms with Gasteiger partial charge in [0.1, 0.15) is 0 Å². The minimum atomic E-state index is -4.42. The van der Waals surface area contributed by atoms with Crippen molar-refractivity contribution in [1.29, 1.82) is 5.26 Å². The third kappa shape index (κ3) is 4.13. The highest BCUT2D eigenvalue weighted by Gasteiger charge is 2.35. The average Bonchev–Trinajstić information content (AvgIpc) is 2.64. The van der Waals surface area contributed by atoms with Crippen LogP contribution < -0.4 is 5.32 Å². The van der Waals surface area contributed by atoms with Gasteiger partial charge in [0.05, 0.1) is 17.6 Å². The number of nitrogens with one attached hydrogen (secondary N) is 1. The van der Waals surface area contributed by atoms with Crippen LogP contribution in [-0.4, -0.2) is 6.04 Å². The normalized spacial score (nSPS) is 23.2. The molecule has 0 aliphatic heterocycles. The van der Waals surface area contributed by atoms with Crippen LogP contribution in [0.5, 0.6) is 0 Å². The summed E-state index contributed by atoms with van der Waals surface area (Å²) in [6, 6.07) is 6.08. The number of nitriles is 1. The Bertz CT molecular complexity index is 537. The molecular weight excluding hydrogens is 345 g/mol. The lowest BCUT2D eigenvalue weighted by Gasteiger charge is -2.24. The van der Waals surface area contributed by atoms with Crippen LogP contribution in [0.3, 0.4) is 0 Å². The van der Waals surface area contributed by atoms with Gasteiger partial charge in [0.15, 0.2) is 0 Å². The third-order valence-corrected chi connectivity index (χ3v) is 4.30. The summed E-state index contributed by atoms with van der Waals surface area (Å²) in [6.07, 6.45) is -0.0178. The molecule has 1 saturated carbocycles. The topological polar surface area (TPSA) is 35.8 Å². The lowest BCUT2D eigenvalue weighted by atomic mass is 9.95. The molecule has 0 heterocycles. The first-order chi connectivity index (χ1) is 9.91. The van der Waals surface area contributed by atoms with E-state index in [2.05, 4.69) is 27.3 Å². The Kier molecular flexibility index (Phi) is 5.15. The lowest BCUT2D eigenvalue weighted by molar-refractivity contribution is -0.137. The second-order valence-electron chi connectivity index (χ2n) is 5.31. The monoisotopic (exact) mass is 360 g/mol. The fourth-order valence-corrected chi connectivity index (χ4v) is 3.07. The summed E-state index contributed by atoms with van der Waals surface area (Å²) in [5.41, 5.74) is -0.643. The zero-order valence-electron chi connectivity index (χ0n) is 11.4. The fraction of sp³-hybridized carbons (Fsp3) is 0.533. The molecular formula is C15H16BrF3N2. The molecule has 1 aromatic rings. The minimum absolute atomic E-state index is 0.0536. The van der Waals surface area contributed by atoms with E-state index in [1.54, 1.807) is 6.07 Å². The van der Waals surface area contributed by atoms with E-state index < -0.39 is 11.7 Å². The average molecular weight is 361 g/mol. The Morgan fingerprint density at radius 1 is 1.19 bits per heavy atom. The van der Waals surface area contributed by atoms with Gasteiger partial charge < -0.3 is 5.32 Å². The van der Waals surface area contributed by atoms with Crippen LogP contribution in [0.4, 0.5) is 18.9 Å². The van der Waals surface area contributed by atoms with E-state index in [1.165, 1.54) is 6.07 Å². The molecule has 114 valence electrons. The Morgan fingerprint density at radius 2 is 1.90 bits per heavy atom. The second kappa shape index (κ2) is 6.69. The molecule has 0 aromatic heterocycles. The number of halogens is 4. The summed E-state index contributed by atoms with van der Waals surface area (Å²) >= 11 is 3.07. The molecule has 1 fully saturated rings. The number of hydrogen-bond donors (Lipinski definition) is 1. The Morgan fingerprint density at radius 3 is 2.57 bits per heavy atom. The fourth-order valence-electron chi connectivity index (χ4n) is 2.71. The lowest BCUT2D eigenvalue weighted by Crippen LogP contribution is -2.28. The molecule has 21 heavy (non-hydrogen) atoms. The predicted molar refractivity (Wildman–Crippen MR) is 78.7 cm³/mol. The molecule has 2 nitrogen and oxygen atoms in total. The first-order valence-electron chi connectivity index (χ1n) is 6.94. The molecule has 0 amide bonds. The van der Waals surface area contributed by atoms with Gasteiger partial charge in [-0.3, -0.25) is 0 Å². The number of nitrogens with zero attached hydrogens (tertiary/aromatic N) is 1. The smallest absolute Gasteiger partial charge is 0.380 e. The number of benzene rings is 1. The van der Waals surface area contributed by atoms with E-state index in [4.69, 9.17) is 0 Å². The van der Waals surface area contributed by atoms with Crippen molar-refractivity contribution in [3.8, 4) is 6.07 Å². The first-order valence-corrected chi connectivity index (χ1v) is 7.74. The number of rotatable bonds is 2. The molecule has 1 aliphatic rings. The van der Waals surface area contributed by atoms with Gasteiger partial charge >= 0.3 is 6.18 Å². The van der Waals surface area contributed by atoms with Crippen molar-refractivity contribution >= 4 is 21.6 Å². The molecule has 6 heteroatoms. The van der Waals surface area contributed by atoms with Crippen LogP contribution >= 0.6 is 15.9 Å². The van der Waals surface area contributed by atoms with Gasteiger partial charge in [-0.05, 0) is 31.0 Å². The number of alkyl halides is 3. The molecule has 2 rings (SSSR count). The van der Waals surface area contributed by atoms with Crippen LogP contribution in [0, 0.1) is 17.2 Å². The van der Waals surface area contributed by atoms with E-state index in [-0.39, 0.29) is 17.6 Å². The predicted octanol–water partition coefficient (Wildman–Crippen LogP) is 5.35. The summed E-state index contributed by atoms with van der Waals surface area (Å²) in [4.78, 5) is 0. The largest absolute Gasteiger partial charge is 0.418 e. The third-order valence-electron chi connectivity index (χ3n) is 3.81. The molecule has 0 saturated heterocycles. The van der Waals surface area contributed by atoms with E-state index in [0.717, 1.165) is 38.2 Å². The Hall–Kier alpha value is -1.22.